The maximum atomic E-state index is 11.7. The van der Waals surface area contributed by atoms with E-state index in [0.717, 1.165) is 5.56 Å². The molecule has 110 valence electrons. The van der Waals surface area contributed by atoms with Gasteiger partial charge in [0.25, 0.3) is 0 Å². The largest absolute Gasteiger partial charge is 0.445 e. The average Bonchev–Trinajstić information content (AvgIpc) is 2.44. The summed E-state index contributed by atoms with van der Waals surface area (Å²) >= 11 is 3.13. The standard InChI is InChI=1S/C15H20BrNO3/c1-11(2)8-13(14(18)9-16)17-15(19)20-10-12-6-4-3-5-7-12/h3-7,11,13H,8-10H2,1-2H3,(H,17,19). The van der Waals surface area contributed by atoms with E-state index < -0.39 is 12.1 Å². The van der Waals surface area contributed by atoms with E-state index in [4.69, 9.17) is 4.74 Å². The van der Waals surface area contributed by atoms with E-state index in [9.17, 15) is 9.59 Å². The van der Waals surface area contributed by atoms with E-state index in [1.54, 1.807) is 0 Å². The quantitative estimate of drug-likeness (QED) is 0.774. The SMILES string of the molecule is CC(C)CC(NC(=O)OCc1ccccc1)C(=O)CBr. The second kappa shape index (κ2) is 8.74. The lowest BCUT2D eigenvalue weighted by molar-refractivity contribution is -0.118. The molecule has 5 heteroatoms. The smallest absolute Gasteiger partial charge is 0.408 e. The topological polar surface area (TPSA) is 55.4 Å². The van der Waals surface area contributed by atoms with Gasteiger partial charge in [0.15, 0.2) is 5.78 Å². The lowest BCUT2D eigenvalue weighted by atomic mass is 10.0. The summed E-state index contributed by atoms with van der Waals surface area (Å²) in [6, 6.07) is 8.92. The van der Waals surface area contributed by atoms with Crippen molar-refractivity contribution >= 4 is 27.8 Å². The summed E-state index contributed by atoms with van der Waals surface area (Å²) in [7, 11) is 0. The van der Waals surface area contributed by atoms with E-state index in [2.05, 4.69) is 21.2 Å². The number of nitrogens with one attached hydrogen (secondary N) is 1. The van der Waals surface area contributed by atoms with Crippen LogP contribution < -0.4 is 5.32 Å². The Morgan fingerprint density at radius 2 is 1.90 bits per heavy atom. The van der Waals surface area contributed by atoms with Crippen molar-refractivity contribution in [1.29, 1.82) is 0 Å². The number of alkyl halides is 1. The number of alkyl carbamates (subject to hydrolysis) is 1. The van der Waals surface area contributed by atoms with Crippen molar-refractivity contribution in [3.05, 3.63) is 35.9 Å². The van der Waals surface area contributed by atoms with Gasteiger partial charge in [-0.15, -0.1) is 0 Å². The molecule has 1 rings (SSSR count). The van der Waals surface area contributed by atoms with Crippen LogP contribution in [0, 0.1) is 5.92 Å². The van der Waals surface area contributed by atoms with Gasteiger partial charge in [-0.05, 0) is 17.9 Å². The van der Waals surface area contributed by atoms with E-state index >= 15 is 0 Å². The number of ketones is 1. The summed E-state index contributed by atoms with van der Waals surface area (Å²) in [5.74, 6) is 0.271. The number of hydrogen-bond donors (Lipinski definition) is 1. The molecule has 1 aromatic rings. The lowest BCUT2D eigenvalue weighted by Gasteiger charge is -2.18. The van der Waals surface area contributed by atoms with Crippen molar-refractivity contribution in [2.45, 2.75) is 32.9 Å². The molecule has 0 bridgehead atoms. The van der Waals surface area contributed by atoms with Crippen LogP contribution in [0.1, 0.15) is 25.8 Å². The Labute approximate surface area is 128 Å². The fourth-order valence-corrected chi connectivity index (χ4v) is 2.13. The molecule has 1 atom stereocenters. The van der Waals surface area contributed by atoms with Crippen molar-refractivity contribution in [2.24, 2.45) is 5.92 Å². The Kier molecular flexibility index (Phi) is 7.30. The van der Waals surface area contributed by atoms with Crippen molar-refractivity contribution in [3.63, 3.8) is 0 Å². The van der Waals surface area contributed by atoms with Gasteiger partial charge in [0.2, 0.25) is 0 Å². The summed E-state index contributed by atoms with van der Waals surface area (Å²) in [5.41, 5.74) is 0.912. The number of ether oxygens (including phenoxy) is 1. The molecule has 0 aromatic heterocycles. The maximum absolute atomic E-state index is 11.7. The van der Waals surface area contributed by atoms with E-state index in [-0.39, 0.29) is 17.7 Å². The molecule has 1 N–H and O–H groups in total. The fourth-order valence-electron chi connectivity index (χ4n) is 1.74. The zero-order chi connectivity index (χ0) is 15.0. The van der Waals surface area contributed by atoms with E-state index in [1.807, 2.05) is 44.2 Å². The molecule has 4 nitrogen and oxygen atoms in total. The maximum Gasteiger partial charge on any atom is 0.408 e. The first-order valence-electron chi connectivity index (χ1n) is 6.58. The first kappa shape index (κ1) is 16.7. The summed E-state index contributed by atoms with van der Waals surface area (Å²) in [5, 5.41) is 2.85. The minimum atomic E-state index is -0.561. The Morgan fingerprint density at radius 1 is 1.25 bits per heavy atom. The normalized spacial score (nSPS) is 12.0. The molecular formula is C15H20BrNO3. The van der Waals surface area contributed by atoms with Crippen LogP contribution in [-0.2, 0) is 16.1 Å². The summed E-state index contributed by atoms with van der Waals surface area (Å²) < 4.78 is 5.12. The Balaban J connectivity index is 2.47. The molecule has 0 aliphatic rings. The predicted molar refractivity (Wildman–Crippen MR) is 81.8 cm³/mol. The monoisotopic (exact) mass is 341 g/mol. The summed E-state index contributed by atoms with van der Waals surface area (Å²) in [6.45, 7) is 4.21. The third-order valence-electron chi connectivity index (χ3n) is 2.73. The van der Waals surface area contributed by atoms with Crippen molar-refractivity contribution in [1.82, 2.24) is 5.32 Å². The van der Waals surface area contributed by atoms with E-state index in [1.165, 1.54) is 0 Å². The third kappa shape index (κ3) is 6.19. The first-order chi connectivity index (χ1) is 9.52. The van der Waals surface area contributed by atoms with Crippen LogP contribution in [0.4, 0.5) is 4.79 Å². The molecule has 0 saturated carbocycles. The summed E-state index contributed by atoms with van der Waals surface area (Å²) in [6.07, 6.45) is 0.0408. The molecule has 0 radical (unpaired) electrons. The first-order valence-corrected chi connectivity index (χ1v) is 7.71. The molecule has 0 saturated heterocycles. The van der Waals surface area contributed by atoms with Gasteiger partial charge in [0.05, 0.1) is 11.4 Å². The zero-order valence-electron chi connectivity index (χ0n) is 11.8. The number of benzene rings is 1. The van der Waals surface area contributed by atoms with Crippen molar-refractivity contribution in [2.75, 3.05) is 5.33 Å². The van der Waals surface area contributed by atoms with Crippen molar-refractivity contribution < 1.29 is 14.3 Å². The Hall–Kier alpha value is -1.36. The molecule has 20 heavy (non-hydrogen) atoms. The zero-order valence-corrected chi connectivity index (χ0v) is 13.4. The molecular weight excluding hydrogens is 322 g/mol. The van der Waals surface area contributed by atoms with Gasteiger partial charge >= 0.3 is 6.09 Å². The minimum absolute atomic E-state index is 0.0460. The second-order valence-electron chi connectivity index (χ2n) is 4.99. The number of halogens is 1. The molecule has 0 spiro atoms. The van der Waals surface area contributed by atoms with Crippen LogP contribution in [-0.4, -0.2) is 23.2 Å². The number of Topliss-reactive ketones (excluding diaryl/α,β-unsaturated/α-hetero) is 1. The minimum Gasteiger partial charge on any atom is -0.445 e. The van der Waals surface area contributed by atoms with Gasteiger partial charge in [-0.3, -0.25) is 4.79 Å². The fraction of sp³-hybridized carbons (Fsp3) is 0.467. The Bertz CT molecular complexity index is 434. The van der Waals surface area contributed by atoms with Gasteiger partial charge in [0, 0.05) is 0 Å². The van der Waals surface area contributed by atoms with Gasteiger partial charge in [0.1, 0.15) is 6.61 Å². The van der Waals surface area contributed by atoms with Gasteiger partial charge in [-0.25, -0.2) is 4.79 Å². The molecule has 1 aromatic carbocycles. The lowest BCUT2D eigenvalue weighted by Crippen LogP contribution is -2.42. The van der Waals surface area contributed by atoms with Crippen LogP contribution in [0.15, 0.2) is 30.3 Å². The van der Waals surface area contributed by atoms with Crippen LogP contribution >= 0.6 is 15.9 Å². The molecule has 0 fully saturated rings. The van der Waals surface area contributed by atoms with Crippen LogP contribution in [0.3, 0.4) is 0 Å². The molecule has 1 amide bonds. The number of rotatable bonds is 7. The van der Waals surface area contributed by atoms with Crippen LogP contribution in [0.25, 0.3) is 0 Å². The number of carbonyl (C=O) groups is 2. The van der Waals surface area contributed by atoms with Crippen LogP contribution in [0.5, 0.6) is 0 Å². The Morgan fingerprint density at radius 3 is 2.45 bits per heavy atom. The highest BCUT2D eigenvalue weighted by Crippen LogP contribution is 2.08. The molecule has 0 aliphatic carbocycles. The van der Waals surface area contributed by atoms with Crippen LogP contribution in [0.2, 0.25) is 0 Å². The number of amides is 1. The highest BCUT2D eigenvalue weighted by Gasteiger charge is 2.21. The summed E-state index contributed by atoms with van der Waals surface area (Å²) in [4.78, 5) is 23.5. The van der Waals surface area contributed by atoms with E-state index in [0.29, 0.717) is 12.3 Å². The molecule has 0 heterocycles. The second-order valence-corrected chi connectivity index (χ2v) is 5.55. The van der Waals surface area contributed by atoms with Gasteiger partial charge in [-0.1, -0.05) is 60.1 Å². The highest BCUT2D eigenvalue weighted by atomic mass is 79.9. The highest BCUT2D eigenvalue weighted by molar-refractivity contribution is 9.09. The average molecular weight is 342 g/mol. The number of carbonyl (C=O) groups excluding carboxylic acids is 2. The molecule has 0 aliphatic heterocycles. The van der Waals surface area contributed by atoms with Gasteiger partial charge in [-0.2, -0.15) is 0 Å². The molecule has 1 unspecified atom stereocenters. The number of hydrogen-bond acceptors (Lipinski definition) is 3. The third-order valence-corrected chi connectivity index (χ3v) is 3.28. The van der Waals surface area contributed by atoms with Gasteiger partial charge < -0.3 is 10.1 Å². The van der Waals surface area contributed by atoms with Crippen molar-refractivity contribution in [3.8, 4) is 0 Å². The predicted octanol–water partition coefficient (Wildman–Crippen LogP) is 3.29.